The molecule has 0 radical (unpaired) electrons. The molecule has 2 aromatic heterocycles. The van der Waals surface area contributed by atoms with Gasteiger partial charge in [0.25, 0.3) is 0 Å². The predicted molar refractivity (Wildman–Crippen MR) is 98.6 cm³/mol. The summed E-state index contributed by atoms with van der Waals surface area (Å²) >= 11 is 0. The van der Waals surface area contributed by atoms with Crippen molar-refractivity contribution < 1.29 is 0 Å². The highest BCUT2D eigenvalue weighted by molar-refractivity contribution is 5.40. The highest BCUT2D eigenvalue weighted by atomic mass is 15.3. The van der Waals surface area contributed by atoms with Gasteiger partial charge in [-0.3, -0.25) is 4.90 Å². The number of aryl methyl sites for hydroxylation is 1. The van der Waals surface area contributed by atoms with E-state index in [1.54, 1.807) is 0 Å². The van der Waals surface area contributed by atoms with Crippen molar-refractivity contribution in [3.05, 3.63) is 35.8 Å². The van der Waals surface area contributed by atoms with E-state index in [-0.39, 0.29) is 5.54 Å². The molecule has 1 spiro atoms. The summed E-state index contributed by atoms with van der Waals surface area (Å²) in [5, 5.41) is 0. The van der Waals surface area contributed by atoms with E-state index < -0.39 is 0 Å². The zero-order valence-electron chi connectivity index (χ0n) is 15.5. The standard InChI is InChI=1S/C19H28N6/c1-14(2)12-25-9-5-16-18(22-13-21-16)19(25)6-10-24(11-7-19)17-4-8-20-15(3)23-17/h4,8,13-14H,5-7,9-12H2,1-3H3,(H,21,22). The number of hydrogen-bond donors (Lipinski definition) is 1. The van der Waals surface area contributed by atoms with Gasteiger partial charge in [0.2, 0.25) is 0 Å². The SMILES string of the molecule is Cc1nccc(N2CCC3(CC2)c2nc[nH]c2CCN3CC(C)C)n1. The molecule has 0 aliphatic carbocycles. The van der Waals surface area contributed by atoms with E-state index in [4.69, 9.17) is 4.98 Å². The van der Waals surface area contributed by atoms with Crippen LogP contribution < -0.4 is 4.90 Å². The lowest BCUT2D eigenvalue weighted by Crippen LogP contribution is -2.57. The molecule has 0 saturated carbocycles. The molecule has 4 heterocycles. The van der Waals surface area contributed by atoms with E-state index in [0.717, 1.165) is 57.1 Å². The van der Waals surface area contributed by atoms with Gasteiger partial charge in [-0.1, -0.05) is 13.8 Å². The van der Waals surface area contributed by atoms with Crippen LogP contribution in [0.1, 0.15) is 43.9 Å². The molecule has 1 fully saturated rings. The van der Waals surface area contributed by atoms with Crippen molar-refractivity contribution in [1.29, 1.82) is 0 Å². The van der Waals surface area contributed by atoms with Crippen molar-refractivity contribution in [1.82, 2.24) is 24.8 Å². The van der Waals surface area contributed by atoms with Crippen molar-refractivity contribution in [3.8, 4) is 0 Å². The van der Waals surface area contributed by atoms with E-state index in [1.165, 1.54) is 11.4 Å². The Kier molecular flexibility index (Phi) is 4.23. The summed E-state index contributed by atoms with van der Waals surface area (Å²) < 4.78 is 0. The van der Waals surface area contributed by atoms with E-state index in [2.05, 4.69) is 38.6 Å². The Labute approximate surface area is 149 Å². The Morgan fingerprint density at radius 1 is 1.20 bits per heavy atom. The minimum Gasteiger partial charge on any atom is -0.356 e. The van der Waals surface area contributed by atoms with Crippen LogP contribution in [0, 0.1) is 12.8 Å². The maximum atomic E-state index is 4.76. The third-order valence-electron chi connectivity index (χ3n) is 5.66. The Morgan fingerprint density at radius 3 is 2.72 bits per heavy atom. The average Bonchev–Trinajstić information content (AvgIpc) is 3.08. The van der Waals surface area contributed by atoms with Gasteiger partial charge in [-0.05, 0) is 31.7 Å². The zero-order valence-corrected chi connectivity index (χ0v) is 15.5. The van der Waals surface area contributed by atoms with E-state index in [1.807, 2.05) is 25.5 Å². The van der Waals surface area contributed by atoms with E-state index >= 15 is 0 Å². The van der Waals surface area contributed by atoms with Crippen LogP contribution in [0.2, 0.25) is 0 Å². The lowest BCUT2D eigenvalue weighted by atomic mass is 9.78. The maximum absolute atomic E-state index is 4.76. The fraction of sp³-hybridized carbons (Fsp3) is 0.632. The third kappa shape index (κ3) is 2.92. The molecule has 0 aromatic carbocycles. The second-order valence-electron chi connectivity index (χ2n) is 7.80. The molecule has 2 aliphatic heterocycles. The lowest BCUT2D eigenvalue weighted by molar-refractivity contribution is 0.0341. The molecule has 0 bridgehead atoms. The molecule has 0 atom stereocenters. The Morgan fingerprint density at radius 2 is 2.00 bits per heavy atom. The predicted octanol–water partition coefficient (Wildman–Crippen LogP) is 2.52. The quantitative estimate of drug-likeness (QED) is 0.930. The molecule has 134 valence electrons. The second kappa shape index (κ2) is 6.41. The molecular formula is C19H28N6. The first-order valence-electron chi connectivity index (χ1n) is 9.41. The minimum absolute atomic E-state index is 0.0798. The van der Waals surface area contributed by atoms with Gasteiger partial charge < -0.3 is 9.88 Å². The molecule has 0 unspecified atom stereocenters. The Hall–Kier alpha value is -1.95. The first-order valence-corrected chi connectivity index (χ1v) is 9.41. The molecule has 25 heavy (non-hydrogen) atoms. The molecular weight excluding hydrogens is 312 g/mol. The van der Waals surface area contributed by atoms with Crippen LogP contribution >= 0.6 is 0 Å². The van der Waals surface area contributed by atoms with Crippen LogP contribution in [0.15, 0.2) is 18.6 Å². The number of aromatic amines is 1. The summed E-state index contributed by atoms with van der Waals surface area (Å²) in [4.78, 5) is 22.1. The molecule has 2 aliphatic rings. The van der Waals surface area contributed by atoms with Gasteiger partial charge >= 0.3 is 0 Å². The van der Waals surface area contributed by atoms with Crippen LogP contribution in [-0.4, -0.2) is 51.0 Å². The molecule has 6 heteroatoms. The van der Waals surface area contributed by atoms with Crippen LogP contribution in [0.5, 0.6) is 0 Å². The fourth-order valence-corrected chi connectivity index (χ4v) is 4.51. The van der Waals surface area contributed by atoms with Crippen molar-refractivity contribution in [2.75, 3.05) is 31.1 Å². The van der Waals surface area contributed by atoms with Gasteiger partial charge in [-0.25, -0.2) is 15.0 Å². The van der Waals surface area contributed by atoms with Gasteiger partial charge in [0, 0.05) is 44.5 Å². The number of nitrogens with one attached hydrogen (secondary N) is 1. The number of anilines is 1. The summed E-state index contributed by atoms with van der Waals surface area (Å²) in [7, 11) is 0. The summed E-state index contributed by atoms with van der Waals surface area (Å²) in [6.45, 7) is 10.9. The summed E-state index contributed by atoms with van der Waals surface area (Å²) in [5.41, 5.74) is 2.71. The molecule has 6 nitrogen and oxygen atoms in total. The smallest absolute Gasteiger partial charge is 0.132 e. The number of H-pyrrole nitrogens is 1. The van der Waals surface area contributed by atoms with Crippen molar-refractivity contribution in [3.63, 3.8) is 0 Å². The number of piperidine rings is 1. The van der Waals surface area contributed by atoms with Gasteiger partial charge in [0.05, 0.1) is 17.6 Å². The third-order valence-corrected chi connectivity index (χ3v) is 5.66. The fourth-order valence-electron chi connectivity index (χ4n) is 4.51. The van der Waals surface area contributed by atoms with Gasteiger partial charge in [0.1, 0.15) is 11.6 Å². The first kappa shape index (κ1) is 16.5. The van der Waals surface area contributed by atoms with Gasteiger partial charge in [0.15, 0.2) is 0 Å². The number of rotatable bonds is 3. The monoisotopic (exact) mass is 340 g/mol. The maximum Gasteiger partial charge on any atom is 0.132 e. The average molecular weight is 340 g/mol. The number of hydrogen-bond acceptors (Lipinski definition) is 5. The molecule has 1 saturated heterocycles. The van der Waals surface area contributed by atoms with Crippen LogP contribution in [-0.2, 0) is 12.0 Å². The van der Waals surface area contributed by atoms with Crippen molar-refractivity contribution in [2.45, 2.75) is 45.6 Å². The normalized spacial score (nSPS) is 20.2. The van der Waals surface area contributed by atoms with Crippen molar-refractivity contribution in [2.24, 2.45) is 5.92 Å². The topological polar surface area (TPSA) is 60.9 Å². The molecule has 0 amide bonds. The summed E-state index contributed by atoms with van der Waals surface area (Å²) in [6.07, 6.45) is 7.02. The molecule has 2 aromatic rings. The molecule has 1 N–H and O–H groups in total. The van der Waals surface area contributed by atoms with Crippen LogP contribution in [0.3, 0.4) is 0 Å². The van der Waals surface area contributed by atoms with E-state index in [9.17, 15) is 0 Å². The highest BCUT2D eigenvalue weighted by Crippen LogP contribution is 2.43. The number of aromatic nitrogens is 4. The summed E-state index contributed by atoms with van der Waals surface area (Å²) in [5.74, 6) is 2.56. The number of imidazole rings is 1. The van der Waals surface area contributed by atoms with Crippen molar-refractivity contribution >= 4 is 5.82 Å². The summed E-state index contributed by atoms with van der Waals surface area (Å²) in [6, 6.07) is 2.03. The van der Waals surface area contributed by atoms with Crippen LogP contribution in [0.4, 0.5) is 5.82 Å². The largest absolute Gasteiger partial charge is 0.356 e. The second-order valence-corrected chi connectivity index (χ2v) is 7.80. The Bertz CT molecular complexity index is 729. The number of nitrogens with zero attached hydrogens (tertiary/aromatic N) is 5. The van der Waals surface area contributed by atoms with E-state index in [0.29, 0.717) is 5.92 Å². The van der Waals surface area contributed by atoms with Gasteiger partial charge in [-0.15, -0.1) is 0 Å². The van der Waals surface area contributed by atoms with Gasteiger partial charge in [-0.2, -0.15) is 0 Å². The lowest BCUT2D eigenvalue weighted by Gasteiger charge is -2.51. The zero-order chi connectivity index (χ0) is 17.4. The Balaban J connectivity index is 1.60. The van der Waals surface area contributed by atoms with Crippen LogP contribution in [0.25, 0.3) is 0 Å². The number of fused-ring (bicyclic) bond motifs is 2. The highest BCUT2D eigenvalue weighted by Gasteiger charge is 2.46. The minimum atomic E-state index is 0.0798. The first-order chi connectivity index (χ1) is 12.1. The molecule has 4 rings (SSSR count).